The first-order chi connectivity index (χ1) is 73.9. The lowest BCUT2D eigenvalue weighted by atomic mass is 9.84. The summed E-state index contributed by atoms with van der Waals surface area (Å²) in [6.45, 7) is 0. The van der Waals surface area contributed by atoms with Gasteiger partial charge in [-0.25, -0.2) is 15.0 Å². The summed E-state index contributed by atoms with van der Waals surface area (Å²) in [5, 5.41) is 20.0. The minimum atomic E-state index is 0.684. The molecule has 6 aromatic heterocycles. The first kappa shape index (κ1) is 86.9. The Morgan fingerprint density at radius 1 is 0.128 bits per heavy atom. The summed E-state index contributed by atoms with van der Waals surface area (Å²) < 4.78 is 11.8. The molecule has 8 heteroatoms. The molecular weight excluding hydrogens is 1810 g/mol. The van der Waals surface area contributed by atoms with Crippen molar-refractivity contribution in [3.8, 4) is 129 Å². The van der Waals surface area contributed by atoms with Gasteiger partial charge in [-0.15, -0.1) is 0 Å². The van der Waals surface area contributed by atoms with Crippen LogP contribution in [0, 0.1) is 0 Å². The van der Waals surface area contributed by atoms with E-state index in [1.165, 1.54) is 164 Å². The molecular formula is C141H92N8. The normalized spacial score (nSPS) is 11.6. The molecule has 0 atom stereocenters. The molecule has 149 heavy (non-hydrogen) atoms. The maximum absolute atomic E-state index is 5.34. The van der Waals surface area contributed by atoms with Gasteiger partial charge >= 0.3 is 0 Å². The molecule has 6 heterocycles. The van der Waals surface area contributed by atoms with Crippen LogP contribution in [0.4, 0.5) is 0 Å². The van der Waals surface area contributed by atoms with Crippen molar-refractivity contribution in [3.63, 3.8) is 0 Å². The lowest BCUT2D eigenvalue weighted by Crippen LogP contribution is -2.01. The van der Waals surface area contributed by atoms with Crippen LogP contribution in [0.15, 0.2) is 558 Å². The third-order valence-corrected chi connectivity index (χ3v) is 29.8. The fourth-order valence-corrected chi connectivity index (χ4v) is 22.9. The Labute approximate surface area is 860 Å². The molecule has 0 bridgehead atoms. The van der Waals surface area contributed by atoms with Gasteiger partial charge < -0.3 is 18.3 Å². The van der Waals surface area contributed by atoms with Gasteiger partial charge in [-0.2, -0.15) is 0 Å². The summed E-state index contributed by atoms with van der Waals surface area (Å²) in [6, 6.07) is 201. The molecule has 0 unspecified atom stereocenters. The fraction of sp³-hybridized carbons (Fsp3) is 0. The molecule has 30 rings (SSSR count). The van der Waals surface area contributed by atoms with Crippen LogP contribution < -0.4 is 0 Å². The first-order valence-corrected chi connectivity index (χ1v) is 50.9. The third kappa shape index (κ3) is 15.4. The molecule has 0 N–H and O–H groups in total. The molecule has 0 aliphatic carbocycles. The Hall–Kier alpha value is -19.9. The van der Waals surface area contributed by atoms with Gasteiger partial charge in [0.05, 0.1) is 66.6 Å². The molecule has 24 aromatic carbocycles. The van der Waals surface area contributed by atoms with E-state index in [0.29, 0.717) is 5.82 Å². The van der Waals surface area contributed by atoms with Gasteiger partial charge in [0.1, 0.15) is 5.82 Å². The van der Waals surface area contributed by atoms with Gasteiger partial charge in [0.25, 0.3) is 0 Å². The summed E-state index contributed by atoms with van der Waals surface area (Å²) in [5.41, 5.74) is 35.0. The predicted octanol–water partition coefficient (Wildman–Crippen LogP) is 37.2. The summed E-state index contributed by atoms with van der Waals surface area (Å²) in [5.74, 6) is 1.62. The van der Waals surface area contributed by atoms with Gasteiger partial charge in [-0.1, -0.05) is 413 Å². The number of nitrogens with zero attached hydrogens (tertiary/aromatic N) is 8. The van der Waals surface area contributed by atoms with Crippen molar-refractivity contribution in [1.29, 1.82) is 0 Å². The van der Waals surface area contributed by atoms with Gasteiger partial charge in [-0.05, 0) is 244 Å². The molecule has 8 nitrogen and oxygen atoms in total. The van der Waals surface area contributed by atoms with Crippen molar-refractivity contribution < 1.29 is 0 Å². The minimum Gasteiger partial charge on any atom is -0.309 e. The quantitative estimate of drug-likeness (QED) is 0.102. The Balaban J connectivity index is 0.000000110. The van der Waals surface area contributed by atoms with Crippen molar-refractivity contribution in [2.24, 2.45) is 0 Å². The number of hydrogen-bond acceptors (Lipinski definition) is 3. The topological polar surface area (TPSA) is 63.3 Å². The zero-order chi connectivity index (χ0) is 98.4. The summed E-state index contributed by atoms with van der Waals surface area (Å²) in [6.07, 6.45) is 0. The van der Waals surface area contributed by atoms with E-state index in [1.807, 2.05) is 18.2 Å². The third-order valence-electron chi connectivity index (χ3n) is 29.8. The van der Waals surface area contributed by atoms with E-state index in [9.17, 15) is 0 Å². The average molecular weight is 1900 g/mol. The number of para-hydroxylation sites is 11. The van der Waals surface area contributed by atoms with Crippen LogP contribution in [0.3, 0.4) is 0 Å². The van der Waals surface area contributed by atoms with Crippen LogP contribution in [0.1, 0.15) is 0 Å². The second-order valence-electron chi connectivity index (χ2n) is 38.4. The van der Waals surface area contributed by atoms with Gasteiger partial charge in [0, 0.05) is 93.8 Å². The molecule has 0 saturated carbocycles. The number of hydrogen-bond donors (Lipinski definition) is 0. The summed E-state index contributed by atoms with van der Waals surface area (Å²) >= 11 is 0. The minimum absolute atomic E-state index is 0.684. The van der Waals surface area contributed by atoms with Crippen molar-refractivity contribution >= 4 is 141 Å². The van der Waals surface area contributed by atoms with Crippen molar-refractivity contribution in [3.05, 3.63) is 558 Å². The highest BCUT2D eigenvalue weighted by Crippen LogP contribution is 2.49. The molecule has 30 aromatic rings. The second-order valence-corrected chi connectivity index (χ2v) is 38.4. The van der Waals surface area contributed by atoms with E-state index < -0.39 is 0 Å². The maximum Gasteiger partial charge on any atom is 0.160 e. The average Bonchev–Trinajstić information content (AvgIpc) is 1.67. The van der Waals surface area contributed by atoms with E-state index in [1.54, 1.807) is 0 Å². The van der Waals surface area contributed by atoms with Crippen molar-refractivity contribution in [2.45, 2.75) is 0 Å². The van der Waals surface area contributed by atoms with E-state index in [2.05, 4.69) is 563 Å². The SMILES string of the molecule is c1cc(-c2cccc(-n3c4ccccc4c4ccccc43)c2)cc(-n2c3ccccc3c3ccccc32)c1.c1ccc(-c2cccc(-c3cc(-c4cc(-n5c6ccccc6c6ccccc65)cc(-n5c6ccccc6c6ccccc65)c4)nc(-c4ccccc4)n3)c2)cc1.c1ccc(-n2c(-c3ccc(-c4ccc5c(-c6ccc7ccccc7c6)c6ccccc6c(-c6ccc7ccccc7c6)c5c4)cc3)nc3ccccc32)cc1. The van der Waals surface area contributed by atoms with E-state index in [4.69, 9.17) is 15.0 Å². The highest BCUT2D eigenvalue weighted by atomic mass is 15.1. The molecule has 0 fully saturated rings. The Morgan fingerprint density at radius 2 is 0.423 bits per heavy atom. The number of aromatic nitrogens is 8. The number of fused-ring (bicyclic) bond motifs is 17. The second kappa shape index (κ2) is 36.8. The standard InChI is InChI=1S/C53H34N2.C52H34N4.C36H24N2/c1-2-16-44(17-3-1)55-50-21-11-10-20-49(50)54-53(55)38-26-22-37(23-27-38)41-30-31-47-48(34-41)52(43-29-25-36-13-5-7-15-40(36)33-43)46-19-9-8-18-45(46)51(47)42-28-24-35-12-4-6-14-39(35)32-42;1-3-16-35(17-4-1)37-20-15-21-38(30-37)46-34-47(54-52(53-46)36-18-5-2-6-19-36)39-31-40(55-48-26-11-7-22-42(48)43-23-8-12-27-49(43)55)33-41(32-39)56-50-28-13-9-24-44(50)45-25-10-14-29-51(45)56;1-5-19-33-29(15-1)30-16-2-6-20-34(30)37(33)27-13-9-11-25(23-27)26-12-10-14-28(24-26)38-35-21-7-3-17-31(35)32-18-4-8-22-36(32)38/h1-34H;1-34H;1-24H. The zero-order valence-corrected chi connectivity index (χ0v) is 81.2. The monoisotopic (exact) mass is 1900 g/mol. The molecule has 0 aliphatic heterocycles. The lowest BCUT2D eigenvalue weighted by molar-refractivity contribution is 1.10. The molecule has 0 aliphatic rings. The Kier molecular flexibility index (Phi) is 21.5. The summed E-state index contributed by atoms with van der Waals surface area (Å²) in [7, 11) is 0. The van der Waals surface area contributed by atoms with Crippen LogP contribution in [-0.4, -0.2) is 37.8 Å². The van der Waals surface area contributed by atoms with E-state index in [-0.39, 0.29) is 0 Å². The molecule has 696 valence electrons. The van der Waals surface area contributed by atoms with Crippen molar-refractivity contribution in [1.82, 2.24) is 37.8 Å². The molecule has 0 amide bonds. The largest absolute Gasteiger partial charge is 0.309 e. The van der Waals surface area contributed by atoms with Gasteiger partial charge in [0.2, 0.25) is 0 Å². The maximum atomic E-state index is 5.34. The fourth-order valence-electron chi connectivity index (χ4n) is 22.9. The highest BCUT2D eigenvalue weighted by molar-refractivity contribution is 6.23. The van der Waals surface area contributed by atoms with Crippen molar-refractivity contribution in [2.75, 3.05) is 0 Å². The number of imidazole rings is 1. The van der Waals surface area contributed by atoms with Gasteiger partial charge in [0.15, 0.2) is 5.82 Å². The Morgan fingerprint density at radius 3 is 0.879 bits per heavy atom. The number of rotatable bonds is 14. The number of benzene rings is 24. The van der Waals surface area contributed by atoms with Crippen LogP contribution in [0.25, 0.3) is 271 Å². The predicted molar refractivity (Wildman–Crippen MR) is 626 cm³/mol. The highest BCUT2D eigenvalue weighted by Gasteiger charge is 2.25. The van der Waals surface area contributed by atoms with Crippen LogP contribution in [-0.2, 0) is 0 Å². The summed E-state index contributed by atoms with van der Waals surface area (Å²) in [4.78, 5) is 15.7. The van der Waals surface area contributed by atoms with Gasteiger partial charge in [-0.3, -0.25) is 4.57 Å². The lowest BCUT2D eigenvalue weighted by Gasteiger charge is -2.19. The zero-order valence-electron chi connectivity index (χ0n) is 81.2. The van der Waals surface area contributed by atoms with E-state index >= 15 is 0 Å². The molecule has 0 spiro atoms. The Bertz CT molecular complexity index is 10000. The van der Waals surface area contributed by atoms with Crippen LogP contribution in [0.5, 0.6) is 0 Å². The first-order valence-electron chi connectivity index (χ1n) is 50.9. The van der Waals surface area contributed by atoms with E-state index in [0.717, 1.165) is 101 Å². The molecule has 0 saturated heterocycles. The smallest absolute Gasteiger partial charge is 0.160 e. The van der Waals surface area contributed by atoms with Crippen LogP contribution >= 0.6 is 0 Å². The molecule has 0 radical (unpaired) electrons. The van der Waals surface area contributed by atoms with Crippen LogP contribution in [0.2, 0.25) is 0 Å².